The molecule has 8 nitrogen and oxygen atoms in total. The van der Waals surface area contributed by atoms with Crippen molar-refractivity contribution in [2.75, 3.05) is 37.4 Å². The Morgan fingerprint density at radius 1 is 1.16 bits per heavy atom. The number of rotatable bonds is 7. The number of ether oxygens (including phenoxy) is 1. The molecule has 0 aliphatic carbocycles. The third-order valence-electron chi connectivity index (χ3n) is 5.46. The van der Waals surface area contributed by atoms with E-state index in [-0.39, 0.29) is 11.8 Å². The lowest BCUT2D eigenvalue weighted by Gasteiger charge is -2.32. The van der Waals surface area contributed by atoms with E-state index in [1.807, 2.05) is 37.3 Å². The molecule has 1 saturated heterocycles. The summed E-state index contributed by atoms with van der Waals surface area (Å²) in [5, 5.41) is 6.22. The summed E-state index contributed by atoms with van der Waals surface area (Å²) in [5.41, 5.74) is 3.66. The van der Waals surface area contributed by atoms with Crippen molar-refractivity contribution in [1.82, 2.24) is 19.9 Å². The smallest absolute Gasteiger partial charge is 0.238 e. The Kier molecular flexibility index (Phi) is 6.91. The summed E-state index contributed by atoms with van der Waals surface area (Å²) in [5.74, 6) is 1.58. The van der Waals surface area contributed by atoms with Gasteiger partial charge in [-0.05, 0) is 68.8 Å². The van der Waals surface area contributed by atoms with Gasteiger partial charge in [0.2, 0.25) is 11.9 Å². The van der Waals surface area contributed by atoms with Crippen molar-refractivity contribution < 1.29 is 9.53 Å². The maximum Gasteiger partial charge on any atom is 0.238 e. The molecular weight excluding hydrogens is 404 g/mol. The number of methoxy groups -OCH3 is 1. The van der Waals surface area contributed by atoms with E-state index in [0.717, 1.165) is 54.4 Å². The van der Waals surface area contributed by atoms with Crippen LogP contribution in [0.2, 0.25) is 0 Å². The molecule has 0 radical (unpaired) electrons. The highest BCUT2D eigenvalue weighted by Gasteiger charge is 2.24. The minimum atomic E-state index is -0.0170. The van der Waals surface area contributed by atoms with E-state index in [1.54, 1.807) is 25.6 Å². The van der Waals surface area contributed by atoms with Crippen molar-refractivity contribution in [2.45, 2.75) is 25.7 Å². The number of anilines is 3. The van der Waals surface area contributed by atoms with Crippen LogP contribution in [-0.2, 0) is 4.79 Å². The van der Waals surface area contributed by atoms with Crippen LogP contribution in [0.4, 0.5) is 17.3 Å². The van der Waals surface area contributed by atoms with E-state index in [9.17, 15) is 4.79 Å². The number of likely N-dealkylation sites (tertiary alicyclic amines) is 1. The van der Waals surface area contributed by atoms with Crippen LogP contribution < -0.4 is 15.4 Å². The number of aromatic nitrogens is 3. The Labute approximate surface area is 188 Å². The summed E-state index contributed by atoms with van der Waals surface area (Å²) < 4.78 is 5.16. The number of nitrogens with zero attached hydrogens (tertiary/aromatic N) is 4. The number of carbonyl (C=O) groups is 1. The molecule has 2 N–H and O–H groups in total. The standard InChI is InChI=1S/C24H28N6O2/c1-17-13-20(29-24-25-10-4-11-26-24)14-22(27-17)18-5-3-12-30(15-18)16-23(31)28-19-6-8-21(32-2)9-7-19/h4,6-11,13-14,18H,3,5,12,15-16H2,1-2H3,(H,28,31)(H,25,26,27,29). The summed E-state index contributed by atoms with van der Waals surface area (Å²) in [7, 11) is 1.62. The van der Waals surface area contributed by atoms with E-state index in [2.05, 4.69) is 31.6 Å². The molecule has 1 aliphatic heterocycles. The largest absolute Gasteiger partial charge is 0.497 e. The zero-order valence-electron chi connectivity index (χ0n) is 18.4. The van der Waals surface area contributed by atoms with Crippen molar-refractivity contribution >= 4 is 23.2 Å². The average molecular weight is 433 g/mol. The number of amides is 1. The first-order valence-electron chi connectivity index (χ1n) is 10.8. The van der Waals surface area contributed by atoms with Gasteiger partial charge in [0, 0.05) is 47.6 Å². The van der Waals surface area contributed by atoms with Crippen LogP contribution in [0.25, 0.3) is 0 Å². The molecule has 0 bridgehead atoms. The minimum absolute atomic E-state index is 0.0170. The maximum absolute atomic E-state index is 12.6. The Bertz CT molecular complexity index is 1040. The molecule has 8 heteroatoms. The monoisotopic (exact) mass is 432 g/mol. The molecular formula is C24H28N6O2. The van der Waals surface area contributed by atoms with Crippen LogP contribution in [-0.4, -0.2) is 52.5 Å². The number of aryl methyl sites for hydroxylation is 1. The number of carbonyl (C=O) groups excluding carboxylic acids is 1. The van der Waals surface area contributed by atoms with Gasteiger partial charge in [-0.15, -0.1) is 0 Å². The van der Waals surface area contributed by atoms with Gasteiger partial charge in [0.25, 0.3) is 0 Å². The summed E-state index contributed by atoms with van der Waals surface area (Å²) in [4.78, 5) is 28.0. The highest BCUT2D eigenvalue weighted by molar-refractivity contribution is 5.92. The second kappa shape index (κ2) is 10.2. The quantitative estimate of drug-likeness (QED) is 0.587. The van der Waals surface area contributed by atoms with Crippen LogP contribution in [0.3, 0.4) is 0 Å². The zero-order chi connectivity index (χ0) is 22.3. The Morgan fingerprint density at radius 3 is 2.69 bits per heavy atom. The first-order valence-corrected chi connectivity index (χ1v) is 10.8. The van der Waals surface area contributed by atoms with Gasteiger partial charge in [0.15, 0.2) is 0 Å². The predicted molar refractivity (Wildman–Crippen MR) is 124 cm³/mol. The second-order valence-corrected chi connectivity index (χ2v) is 7.97. The average Bonchev–Trinajstić information content (AvgIpc) is 2.80. The number of hydrogen-bond acceptors (Lipinski definition) is 7. The molecule has 2 aromatic heterocycles. The van der Waals surface area contributed by atoms with Crippen LogP contribution in [0.5, 0.6) is 5.75 Å². The van der Waals surface area contributed by atoms with Gasteiger partial charge in [-0.3, -0.25) is 14.7 Å². The van der Waals surface area contributed by atoms with Gasteiger partial charge in [-0.2, -0.15) is 0 Å². The van der Waals surface area contributed by atoms with E-state index >= 15 is 0 Å². The zero-order valence-corrected chi connectivity index (χ0v) is 18.4. The lowest BCUT2D eigenvalue weighted by atomic mass is 9.93. The number of benzene rings is 1. The predicted octanol–water partition coefficient (Wildman–Crippen LogP) is 3.75. The van der Waals surface area contributed by atoms with Crippen LogP contribution in [0.15, 0.2) is 54.9 Å². The van der Waals surface area contributed by atoms with Crippen molar-refractivity contribution in [3.8, 4) is 5.75 Å². The van der Waals surface area contributed by atoms with Crippen molar-refractivity contribution in [3.63, 3.8) is 0 Å². The molecule has 1 unspecified atom stereocenters. The van der Waals surface area contributed by atoms with Crippen molar-refractivity contribution in [3.05, 3.63) is 66.2 Å². The molecule has 0 saturated carbocycles. The molecule has 1 amide bonds. The molecule has 3 aromatic rings. The fraction of sp³-hybridized carbons (Fsp3) is 0.333. The first kappa shape index (κ1) is 21.7. The molecule has 1 atom stereocenters. The van der Waals surface area contributed by atoms with Crippen LogP contribution in [0, 0.1) is 6.92 Å². The summed E-state index contributed by atoms with van der Waals surface area (Å²) in [6, 6.07) is 13.2. The number of hydrogen-bond donors (Lipinski definition) is 2. The highest BCUT2D eigenvalue weighted by Crippen LogP contribution is 2.28. The number of piperidine rings is 1. The fourth-order valence-electron chi connectivity index (χ4n) is 3.99. The summed E-state index contributed by atoms with van der Waals surface area (Å²) >= 11 is 0. The third kappa shape index (κ3) is 5.79. The Hall–Kier alpha value is -3.52. The minimum Gasteiger partial charge on any atom is -0.497 e. The lowest BCUT2D eigenvalue weighted by molar-refractivity contribution is -0.117. The van der Waals surface area contributed by atoms with E-state index in [0.29, 0.717) is 12.5 Å². The van der Waals surface area contributed by atoms with Crippen molar-refractivity contribution in [2.24, 2.45) is 0 Å². The van der Waals surface area contributed by atoms with E-state index in [4.69, 9.17) is 9.72 Å². The van der Waals surface area contributed by atoms with Gasteiger partial charge < -0.3 is 15.4 Å². The van der Waals surface area contributed by atoms with Crippen LogP contribution >= 0.6 is 0 Å². The third-order valence-corrected chi connectivity index (χ3v) is 5.46. The van der Waals surface area contributed by atoms with E-state index < -0.39 is 0 Å². The number of nitrogens with one attached hydrogen (secondary N) is 2. The fourth-order valence-corrected chi connectivity index (χ4v) is 3.99. The molecule has 1 fully saturated rings. The molecule has 0 spiro atoms. The van der Waals surface area contributed by atoms with Gasteiger partial charge in [0.1, 0.15) is 5.75 Å². The summed E-state index contributed by atoms with van der Waals surface area (Å²) in [6.45, 7) is 4.05. The summed E-state index contributed by atoms with van der Waals surface area (Å²) in [6.07, 6.45) is 5.50. The maximum atomic E-state index is 12.6. The lowest BCUT2D eigenvalue weighted by Crippen LogP contribution is -2.40. The number of pyridine rings is 1. The van der Waals surface area contributed by atoms with Gasteiger partial charge >= 0.3 is 0 Å². The van der Waals surface area contributed by atoms with Gasteiger partial charge in [-0.25, -0.2) is 9.97 Å². The molecule has 1 aromatic carbocycles. The molecule has 166 valence electrons. The second-order valence-electron chi connectivity index (χ2n) is 7.97. The Balaban J connectivity index is 1.38. The van der Waals surface area contributed by atoms with Crippen molar-refractivity contribution in [1.29, 1.82) is 0 Å². The topological polar surface area (TPSA) is 92.3 Å². The van der Waals surface area contributed by atoms with Gasteiger partial charge in [-0.1, -0.05) is 0 Å². The van der Waals surface area contributed by atoms with Gasteiger partial charge in [0.05, 0.1) is 13.7 Å². The Morgan fingerprint density at radius 2 is 1.94 bits per heavy atom. The molecule has 3 heterocycles. The van der Waals surface area contributed by atoms with E-state index in [1.165, 1.54) is 0 Å². The molecule has 32 heavy (non-hydrogen) atoms. The first-order chi connectivity index (χ1) is 15.6. The molecule has 1 aliphatic rings. The van der Waals surface area contributed by atoms with Crippen LogP contribution in [0.1, 0.15) is 30.1 Å². The highest BCUT2D eigenvalue weighted by atomic mass is 16.5. The normalized spacial score (nSPS) is 16.4. The molecule has 4 rings (SSSR count). The SMILES string of the molecule is COc1ccc(NC(=O)CN2CCCC(c3cc(Nc4ncccn4)cc(C)n3)C2)cc1.